The molecule has 2 amide bonds. The number of thiocarbonyl (C=S) groups is 1. The fraction of sp³-hybridized carbons (Fsp3) is 0.400. The van der Waals surface area contributed by atoms with Gasteiger partial charge in [-0.25, -0.2) is 14.2 Å². The maximum absolute atomic E-state index is 15.0. The van der Waals surface area contributed by atoms with Crippen molar-refractivity contribution in [3.05, 3.63) is 42.2 Å². The van der Waals surface area contributed by atoms with Crippen molar-refractivity contribution in [3.63, 3.8) is 0 Å². The predicted molar refractivity (Wildman–Crippen MR) is 118 cm³/mol. The molecule has 0 saturated carbocycles. The number of hydrogen-bond donors (Lipinski definition) is 1. The quantitative estimate of drug-likeness (QED) is 0.686. The number of likely N-dealkylation sites (N-methyl/N-ethyl adjacent to an activating group) is 1. The van der Waals surface area contributed by atoms with E-state index in [9.17, 15) is 14.0 Å². The molecule has 32 heavy (non-hydrogen) atoms. The van der Waals surface area contributed by atoms with Crippen molar-refractivity contribution < 1.29 is 23.5 Å². The van der Waals surface area contributed by atoms with Gasteiger partial charge in [-0.05, 0) is 30.4 Å². The van der Waals surface area contributed by atoms with Crippen molar-refractivity contribution in [1.29, 1.82) is 0 Å². The molecule has 12 heteroatoms. The van der Waals surface area contributed by atoms with Gasteiger partial charge in [0.15, 0.2) is 6.23 Å². The Hall–Kier alpha value is -3.41. The summed E-state index contributed by atoms with van der Waals surface area (Å²) < 4.78 is 25.3. The minimum atomic E-state index is -0.627. The van der Waals surface area contributed by atoms with Gasteiger partial charge in [0, 0.05) is 39.4 Å². The highest BCUT2D eigenvalue weighted by Crippen LogP contribution is 2.29. The summed E-state index contributed by atoms with van der Waals surface area (Å²) in [6.45, 7) is 2.07. The molecular weight excluding hydrogens is 439 g/mol. The van der Waals surface area contributed by atoms with Crippen LogP contribution in [0.25, 0.3) is 0 Å². The molecule has 2 saturated heterocycles. The second-order valence-electron chi connectivity index (χ2n) is 7.40. The number of aromatic amines is 1. The van der Waals surface area contributed by atoms with Gasteiger partial charge in [0.05, 0.1) is 31.4 Å². The van der Waals surface area contributed by atoms with Gasteiger partial charge < -0.3 is 24.3 Å². The first-order valence-corrected chi connectivity index (χ1v) is 10.4. The second kappa shape index (κ2) is 8.99. The van der Waals surface area contributed by atoms with Crippen molar-refractivity contribution in [1.82, 2.24) is 19.8 Å². The smallest absolute Gasteiger partial charge is 0.416 e. The molecule has 10 nitrogen and oxygen atoms in total. The summed E-state index contributed by atoms with van der Waals surface area (Å²) in [6.07, 6.45) is 1.81. The Morgan fingerprint density at radius 1 is 1.34 bits per heavy atom. The Kier molecular flexibility index (Phi) is 6.12. The van der Waals surface area contributed by atoms with Crippen molar-refractivity contribution in [2.24, 2.45) is 0 Å². The third kappa shape index (κ3) is 4.17. The van der Waals surface area contributed by atoms with Crippen molar-refractivity contribution in [2.45, 2.75) is 6.23 Å². The molecule has 4 rings (SSSR count). The predicted octanol–water partition coefficient (Wildman–Crippen LogP) is 1.66. The molecule has 2 aromatic rings. The summed E-state index contributed by atoms with van der Waals surface area (Å²) >= 11 is 5.07. The minimum Gasteiger partial charge on any atom is -0.474 e. The Morgan fingerprint density at radius 3 is 2.72 bits per heavy atom. The molecule has 1 aromatic heterocycles. The average molecular weight is 463 g/mol. The van der Waals surface area contributed by atoms with E-state index in [2.05, 4.69) is 9.97 Å². The number of nitrogens with one attached hydrogen (secondary N) is 1. The molecule has 1 atom stereocenters. The van der Waals surface area contributed by atoms with E-state index in [-0.39, 0.29) is 17.6 Å². The largest absolute Gasteiger partial charge is 0.474 e. The van der Waals surface area contributed by atoms with Gasteiger partial charge in [-0.15, -0.1) is 0 Å². The summed E-state index contributed by atoms with van der Waals surface area (Å²) in [5.74, 6) is -0.603. The Balaban J connectivity index is 1.40. The van der Waals surface area contributed by atoms with Crippen molar-refractivity contribution in [2.75, 3.05) is 56.7 Å². The van der Waals surface area contributed by atoms with Crippen LogP contribution < -0.4 is 9.80 Å². The van der Waals surface area contributed by atoms with Gasteiger partial charge in [-0.2, -0.15) is 0 Å². The Labute approximate surface area is 189 Å². The number of benzene rings is 1. The molecule has 0 bridgehead atoms. The zero-order valence-corrected chi connectivity index (χ0v) is 18.5. The number of anilines is 2. The second-order valence-corrected chi connectivity index (χ2v) is 7.75. The third-order valence-electron chi connectivity index (χ3n) is 5.56. The molecule has 1 N–H and O–H groups in total. The molecule has 0 aliphatic carbocycles. The van der Waals surface area contributed by atoms with E-state index in [1.807, 2.05) is 4.90 Å². The van der Waals surface area contributed by atoms with Gasteiger partial charge in [-0.1, -0.05) is 0 Å². The summed E-state index contributed by atoms with van der Waals surface area (Å²) in [7, 11) is 3.10. The normalized spacial score (nSPS) is 18.5. The lowest BCUT2D eigenvalue weighted by molar-refractivity contribution is 0.0677. The number of aromatic nitrogens is 2. The molecule has 1 aromatic carbocycles. The first-order valence-electron chi connectivity index (χ1n) is 10.0. The standard InChI is InChI=1S/C20H23FN6O4S/c1-24(20(32)30-2)17-11-27(19(29)31-17)13-3-4-16(14(21)9-13)25-5-7-26(8-6-25)18(28)15-10-22-12-23-15/h3-4,9-10,12,17H,5-8,11H2,1-2H3,(H,22,23). The van der Waals surface area contributed by atoms with Crippen LogP contribution in [0, 0.1) is 5.82 Å². The highest BCUT2D eigenvalue weighted by atomic mass is 32.1. The van der Waals surface area contributed by atoms with E-state index in [4.69, 9.17) is 21.7 Å². The molecule has 3 heterocycles. The maximum atomic E-state index is 15.0. The molecule has 1 unspecified atom stereocenters. The van der Waals surface area contributed by atoms with Crippen LogP contribution in [0.5, 0.6) is 0 Å². The van der Waals surface area contributed by atoms with Gasteiger partial charge in [0.1, 0.15) is 11.5 Å². The fourth-order valence-electron chi connectivity index (χ4n) is 3.73. The average Bonchev–Trinajstić information content (AvgIpc) is 3.48. The van der Waals surface area contributed by atoms with Crippen LogP contribution in [0.1, 0.15) is 10.5 Å². The summed E-state index contributed by atoms with van der Waals surface area (Å²) in [5.41, 5.74) is 1.17. The van der Waals surface area contributed by atoms with Crippen LogP contribution in [0.3, 0.4) is 0 Å². The molecule has 2 aliphatic heterocycles. The third-order valence-corrected chi connectivity index (χ3v) is 6.01. The zero-order valence-electron chi connectivity index (χ0n) is 17.7. The number of nitrogens with zero attached hydrogens (tertiary/aromatic N) is 5. The fourth-order valence-corrected chi connectivity index (χ4v) is 3.85. The van der Waals surface area contributed by atoms with Crippen molar-refractivity contribution >= 4 is 40.8 Å². The number of piperazine rings is 1. The molecule has 0 radical (unpaired) electrons. The van der Waals surface area contributed by atoms with E-state index in [0.717, 1.165) is 0 Å². The number of methoxy groups -OCH3 is 1. The summed E-state index contributed by atoms with van der Waals surface area (Å²) in [6, 6.07) is 4.63. The van der Waals surface area contributed by atoms with E-state index >= 15 is 0 Å². The van der Waals surface area contributed by atoms with E-state index in [1.54, 1.807) is 30.3 Å². The number of imidazole rings is 1. The van der Waals surface area contributed by atoms with Gasteiger partial charge in [0.2, 0.25) is 0 Å². The maximum Gasteiger partial charge on any atom is 0.416 e. The lowest BCUT2D eigenvalue weighted by Crippen LogP contribution is -2.49. The summed E-state index contributed by atoms with van der Waals surface area (Å²) in [4.78, 5) is 37.9. The lowest BCUT2D eigenvalue weighted by Gasteiger charge is -2.36. The first-order chi connectivity index (χ1) is 15.4. The van der Waals surface area contributed by atoms with E-state index < -0.39 is 18.1 Å². The molecule has 0 spiro atoms. The van der Waals surface area contributed by atoms with Crippen LogP contribution in [0.4, 0.5) is 20.6 Å². The number of ether oxygens (including phenoxy) is 2. The van der Waals surface area contributed by atoms with Crippen LogP contribution in [-0.2, 0) is 9.47 Å². The number of H-pyrrole nitrogens is 1. The van der Waals surface area contributed by atoms with Gasteiger partial charge in [-0.3, -0.25) is 14.6 Å². The number of cyclic esters (lactones) is 1. The Morgan fingerprint density at radius 2 is 2.09 bits per heavy atom. The highest BCUT2D eigenvalue weighted by molar-refractivity contribution is 7.80. The van der Waals surface area contributed by atoms with E-state index in [1.165, 1.54) is 29.3 Å². The summed E-state index contributed by atoms with van der Waals surface area (Å²) in [5, 5.41) is 0.191. The lowest BCUT2D eigenvalue weighted by atomic mass is 10.2. The van der Waals surface area contributed by atoms with Crippen LogP contribution in [-0.4, -0.2) is 90.1 Å². The molecular formula is C20H23FN6O4S. The topological polar surface area (TPSA) is 94.2 Å². The SMILES string of the molecule is COC(=S)N(C)C1CN(c2ccc(N3CCN(C(=O)c4c[nH]cn4)CC3)c(F)c2)C(=O)O1. The number of rotatable bonds is 4. The minimum absolute atomic E-state index is 0.151. The van der Waals surface area contributed by atoms with Crippen LogP contribution in [0.2, 0.25) is 0 Å². The number of carbonyl (C=O) groups excluding carboxylic acids is 2. The highest BCUT2D eigenvalue weighted by Gasteiger charge is 2.36. The molecule has 2 aliphatic rings. The zero-order chi connectivity index (χ0) is 22.8. The molecule has 170 valence electrons. The van der Waals surface area contributed by atoms with Crippen LogP contribution in [0.15, 0.2) is 30.7 Å². The Bertz CT molecular complexity index is 1010. The first kappa shape index (κ1) is 21.8. The van der Waals surface area contributed by atoms with Gasteiger partial charge in [0.25, 0.3) is 11.1 Å². The monoisotopic (exact) mass is 462 g/mol. The number of amides is 2. The number of carbonyl (C=O) groups is 2. The van der Waals surface area contributed by atoms with Crippen molar-refractivity contribution in [3.8, 4) is 0 Å². The molecule has 2 fully saturated rings. The number of hydrogen-bond acceptors (Lipinski definition) is 7. The van der Waals surface area contributed by atoms with Gasteiger partial charge >= 0.3 is 6.09 Å². The van der Waals surface area contributed by atoms with Crippen LogP contribution >= 0.6 is 12.2 Å². The van der Waals surface area contributed by atoms with E-state index in [0.29, 0.717) is 43.2 Å². The number of halogens is 1.